The van der Waals surface area contributed by atoms with E-state index in [9.17, 15) is 8.42 Å². The molecule has 7 heteroatoms. The molecule has 1 saturated heterocycles. The molecule has 1 N–H and O–H groups in total. The molecule has 0 aliphatic carbocycles. The van der Waals surface area contributed by atoms with Crippen molar-refractivity contribution >= 4 is 15.8 Å². The van der Waals surface area contributed by atoms with Crippen LogP contribution in [0.15, 0.2) is 17.3 Å². The van der Waals surface area contributed by atoms with Gasteiger partial charge in [-0.25, -0.2) is 18.4 Å². The fourth-order valence-corrected chi connectivity index (χ4v) is 3.33. The molecule has 1 aliphatic rings. The summed E-state index contributed by atoms with van der Waals surface area (Å²) >= 11 is 0. The summed E-state index contributed by atoms with van der Waals surface area (Å²) in [6.45, 7) is 9.17. The highest BCUT2D eigenvalue weighted by Gasteiger charge is 2.24. The maximum absolute atomic E-state index is 12.0. The molecule has 0 radical (unpaired) electrons. The van der Waals surface area contributed by atoms with Gasteiger partial charge >= 0.3 is 0 Å². The molecule has 0 amide bonds. The maximum atomic E-state index is 12.0. The van der Waals surface area contributed by atoms with Crippen molar-refractivity contribution in [2.45, 2.75) is 49.9 Å². The van der Waals surface area contributed by atoms with Crippen LogP contribution in [0.5, 0.6) is 0 Å². The number of hydrogen-bond donors (Lipinski definition) is 1. The zero-order valence-electron chi connectivity index (χ0n) is 12.4. The van der Waals surface area contributed by atoms with Crippen molar-refractivity contribution in [2.75, 3.05) is 18.0 Å². The number of rotatable bonds is 3. The summed E-state index contributed by atoms with van der Waals surface area (Å²) in [5, 5.41) is 2.97. The largest absolute Gasteiger partial charge is 0.338 e. The van der Waals surface area contributed by atoms with E-state index < -0.39 is 15.1 Å². The lowest BCUT2D eigenvalue weighted by Gasteiger charge is -2.36. The Morgan fingerprint density at radius 3 is 2.15 bits per heavy atom. The lowest BCUT2D eigenvalue weighted by atomic mass is 10.1. The predicted octanol–water partition coefficient (Wildman–Crippen LogP) is 0.845. The Bertz CT molecular complexity index is 546. The summed E-state index contributed by atoms with van der Waals surface area (Å²) in [5.41, 5.74) is 0. The van der Waals surface area contributed by atoms with E-state index in [1.54, 1.807) is 13.8 Å². The van der Waals surface area contributed by atoms with Gasteiger partial charge in [0.05, 0.1) is 17.6 Å². The summed E-state index contributed by atoms with van der Waals surface area (Å²) < 4.78 is 24.0. The summed E-state index contributed by atoms with van der Waals surface area (Å²) in [5.74, 6) is 0.591. The molecule has 0 bridgehead atoms. The number of piperazine rings is 1. The molecule has 2 heterocycles. The molecule has 0 saturated carbocycles. The molecular formula is C13H22N4O2S. The van der Waals surface area contributed by atoms with Gasteiger partial charge in [-0.1, -0.05) is 0 Å². The van der Waals surface area contributed by atoms with Gasteiger partial charge in [0, 0.05) is 25.2 Å². The number of nitrogens with zero attached hydrogens (tertiary/aromatic N) is 3. The van der Waals surface area contributed by atoms with E-state index in [0.29, 0.717) is 18.0 Å². The van der Waals surface area contributed by atoms with Gasteiger partial charge in [0.15, 0.2) is 9.84 Å². The SMILES string of the molecule is CC(C)S(=O)(=O)c1cnc(N2C[C@@H](C)N[C@@H](C)C2)nc1. The van der Waals surface area contributed by atoms with Gasteiger partial charge in [-0.2, -0.15) is 0 Å². The number of sulfone groups is 1. The first-order valence-corrected chi connectivity index (χ1v) is 8.42. The Labute approximate surface area is 120 Å². The lowest BCUT2D eigenvalue weighted by Crippen LogP contribution is -2.54. The third kappa shape index (κ3) is 3.09. The Hall–Kier alpha value is -1.21. The van der Waals surface area contributed by atoms with Crippen molar-refractivity contribution in [1.29, 1.82) is 0 Å². The summed E-state index contributed by atoms with van der Waals surface area (Å²) in [6.07, 6.45) is 2.82. The maximum Gasteiger partial charge on any atom is 0.225 e. The Kier molecular flexibility index (Phi) is 4.29. The minimum absolute atomic E-state index is 0.187. The van der Waals surface area contributed by atoms with E-state index in [-0.39, 0.29) is 4.90 Å². The van der Waals surface area contributed by atoms with Gasteiger partial charge in [-0.05, 0) is 27.7 Å². The molecular weight excluding hydrogens is 276 g/mol. The quantitative estimate of drug-likeness (QED) is 0.891. The molecule has 20 heavy (non-hydrogen) atoms. The zero-order chi connectivity index (χ0) is 14.9. The van der Waals surface area contributed by atoms with E-state index in [2.05, 4.69) is 34.0 Å². The van der Waals surface area contributed by atoms with Crippen LogP contribution in [-0.2, 0) is 9.84 Å². The van der Waals surface area contributed by atoms with Crippen LogP contribution in [0.25, 0.3) is 0 Å². The second-order valence-corrected chi connectivity index (χ2v) is 8.19. The Balaban J connectivity index is 2.20. The standard InChI is InChI=1S/C13H22N4O2S/c1-9(2)20(18,19)12-5-14-13(15-6-12)17-7-10(3)16-11(4)8-17/h5-6,9-11,16H,7-8H2,1-4H3/t10-,11+. The van der Waals surface area contributed by atoms with Gasteiger partial charge in [0.1, 0.15) is 4.90 Å². The van der Waals surface area contributed by atoms with Crippen molar-refractivity contribution in [3.05, 3.63) is 12.4 Å². The third-order valence-electron chi connectivity index (χ3n) is 3.40. The third-order valence-corrected chi connectivity index (χ3v) is 5.51. The minimum Gasteiger partial charge on any atom is -0.338 e. The van der Waals surface area contributed by atoms with Crippen molar-refractivity contribution in [3.8, 4) is 0 Å². The van der Waals surface area contributed by atoms with Crippen LogP contribution in [0.4, 0.5) is 5.95 Å². The molecule has 1 aromatic rings. The number of aromatic nitrogens is 2. The first kappa shape index (κ1) is 15.2. The van der Waals surface area contributed by atoms with Gasteiger partial charge in [-0.15, -0.1) is 0 Å². The lowest BCUT2D eigenvalue weighted by molar-refractivity contribution is 0.403. The van der Waals surface area contributed by atoms with E-state index in [0.717, 1.165) is 13.1 Å². The summed E-state index contributed by atoms with van der Waals surface area (Å²) in [4.78, 5) is 10.7. The van der Waals surface area contributed by atoms with Crippen LogP contribution in [0.3, 0.4) is 0 Å². The fourth-order valence-electron chi connectivity index (χ4n) is 2.38. The van der Waals surface area contributed by atoms with Gasteiger partial charge in [0.25, 0.3) is 0 Å². The van der Waals surface area contributed by atoms with Crippen LogP contribution in [0.1, 0.15) is 27.7 Å². The monoisotopic (exact) mass is 298 g/mol. The van der Waals surface area contributed by atoms with Crippen LogP contribution in [0.2, 0.25) is 0 Å². The summed E-state index contributed by atoms with van der Waals surface area (Å²) in [7, 11) is -3.30. The van der Waals surface area contributed by atoms with Crippen LogP contribution in [0, 0.1) is 0 Å². The van der Waals surface area contributed by atoms with E-state index in [4.69, 9.17) is 0 Å². The molecule has 0 aromatic carbocycles. The average Bonchev–Trinajstić information content (AvgIpc) is 2.37. The van der Waals surface area contributed by atoms with Crippen molar-refractivity contribution in [1.82, 2.24) is 15.3 Å². The number of hydrogen-bond acceptors (Lipinski definition) is 6. The van der Waals surface area contributed by atoms with Crippen molar-refractivity contribution in [3.63, 3.8) is 0 Å². The fraction of sp³-hybridized carbons (Fsp3) is 0.692. The topological polar surface area (TPSA) is 75.2 Å². The molecule has 1 fully saturated rings. The summed E-state index contributed by atoms with van der Waals surface area (Å²) in [6, 6.07) is 0.725. The highest BCUT2D eigenvalue weighted by Crippen LogP contribution is 2.17. The second-order valence-electron chi connectivity index (χ2n) is 5.69. The smallest absolute Gasteiger partial charge is 0.225 e. The van der Waals surface area contributed by atoms with E-state index >= 15 is 0 Å². The molecule has 0 spiro atoms. The number of nitrogens with one attached hydrogen (secondary N) is 1. The first-order valence-electron chi connectivity index (χ1n) is 6.87. The van der Waals surface area contributed by atoms with E-state index in [1.807, 2.05) is 0 Å². The molecule has 112 valence electrons. The minimum atomic E-state index is -3.30. The molecule has 2 rings (SSSR count). The van der Waals surface area contributed by atoms with Crippen LogP contribution < -0.4 is 10.2 Å². The molecule has 6 nitrogen and oxygen atoms in total. The molecule has 0 unspecified atom stereocenters. The van der Waals surface area contributed by atoms with Crippen molar-refractivity contribution in [2.24, 2.45) is 0 Å². The normalized spacial score (nSPS) is 24.1. The van der Waals surface area contributed by atoms with Gasteiger partial charge in [0.2, 0.25) is 5.95 Å². The second kappa shape index (κ2) is 5.65. The van der Waals surface area contributed by atoms with Gasteiger partial charge < -0.3 is 10.2 Å². The zero-order valence-corrected chi connectivity index (χ0v) is 13.2. The van der Waals surface area contributed by atoms with Crippen LogP contribution >= 0.6 is 0 Å². The first-order chi connectivity index (χ1) is 9.30. The molecule has 1 aliphatic heterocycles. The van der Waals surface area contributed by atoms with Crippen LogP contribution in [-0.4, -0.2) is 48.8 Å². The average molecular weight is 298 g/mol. The van der Waals surface area contributed by atoms with Gasteiger partial charge in [-0.3, -0.25) is 0 Å². The Morgan fingerprint density at radius 2 is 1.70 bits per heavy atom. The predicted molar refractivity (Wildman–Crippen MR) is 78.6 cm³/mol. The Morgan fingerprint density at radius 1 is 1.20 bits per heavy atom. The molecule has 1 aromatic heterocycles. The molecule has 2 atom stereocenters. The van der Waals surface area contributed by atoms with E-state index in [1.165, 1.54) is 12.4 Å². The number of anilines is 1. The highest BCUT2D eigenvalue weighted by atomic mass is 32.2. The van der Waals surface area contributed by atoms with Crippen molar-refractivity contribution < 1.29 is 8.42 Å². The highest BCUT2D eigenvalue weighted by molar-refractivity contribution is 7.92.